The summed E-state index contributed by atoms with van der Waals surface area (Å²) in [5.74, 6) is 1.23. The average molecular weight is 286 g/mol. The maximum atomic E-state index is 11.8. The van der Waals surface area contributed by atoms with E-state index in [0.29, 0.717) is 6.42 Å². The second-order valence-electron chi connectivity index (χ2n) is 3.97. The maximum Gasteiger partial charge on any atom is 0.222 e. The van der Waals surface area contributed by atoms with E-state index in [0.717, 1.165) is 30.3 Å². The van der Waals surface area contributed by atoms with Crippen molar-refractivity contribution in [3.63, 3.8) is 0 Å². The summed E-state index contributed by atoms with van der Waals surface area (Å²) >= 11 is 7.59. The lowest BCUT2D eigenvalue weighted by molar-refractivity contribution is -0.130. The molecule has 1 rings (SSSR count). The quantitative estimate of drug-likeness (QED) is 0.556. The molecular formula is C14H20ClNOS. The second-order valence-corrected chi connectivity index (χ2v) is 5.58. The number of hydrogen-bond acceptors (Lipinski definition) is 2. The number of rotatable bonds is 7. The fourth-order valence-corrected chi connectivity index (χ4v) is 2.66. The number of amides is 1. The molecule has 0 radical (unpaired) electrons. The highest BCUT2D eigenvalue weighted by atomic mass is 35.5. The number of nitrogens with zero attached hydrogens (tertiary/aromatic N) is 1. The third-order valence-corrected chi connectivity index (χ3v) is 4.08. The van der Waals surface area contributed by atoms with E-state index in [-0.39, 0.29) is 5.91 Å². The van der Waals surface area contributed by atoms with Crippen molar-refractivity contribution in [3.05, 3.63) is 29.3 Å². The third-order valence-electron chi connectivity index (χ3n) is 2.73. The summed E-state index contributed by atoms with van der Waals surface area (Å²) in [6, 6.07) is 7.81. The van der Waals surface area contributed by atoms with Gasteiger partial charge in [0.05, 0.1) is 0 Å². The van der Waals surface area contributed by atoms with Crippen molar-refractivity contribution in [3.8, 4) is 0 Å². The van der Waals surface area contributed by atoms with E-state index in [1.165, 1.54) is 4.90 Å². The van der Waals surface area contributed by atoms with E-state index in [1.54, 1.807) is 11.8 Å². The smallest absolute Gasteiger partial charge is 0.222 e. The monoisotopic (exact) mass is 285 g/mol. The highest BCUT2D eigenvalue weighted by Crippen LogP contribution is 2.21. The van der Waals surface area contributed by atoms with Crippen LogP contribution in [0.25, 0.3) is 0 Å². The van der Waals surface area contributed by atoms with Gasteiger partial charge in [0.2, 0.25) is 5.91 Å². The van der Waals surface area contributed by atoms with Crippen molar-refractivity contribution in [1.82, 2.24) is 4.90 Å². The SMILES string of the molecule is CCN(CC)C(=O)CCCSc1ccc(Cl)cc1. The zero-order chi connectivity index (χ0) is 13.4. The number of thioether (sulfide) groups is 1. The van der Waals surface area contributed by atoms with Gasteiger partial charge in [0.25, 0.3) is 0 Å². The molecule has 18 heavy (non-hydrogen) atoms. The molecule has 0 heterocycles. The molecule has 0 spiro atoms. The molecule has 4 heteroatoms. The molecule has 0 saturated heterocycles. The van der Waals surface area contributed by atoms with Crippen LogP contribution in [0.4, 0.5) is 0 Å². The Morgan fingerprint density at radius 1 is 1.22 bits per heavy atom. The summed E-state index contributed by atoms with van der Waals surface area (Å²) in [4.78, 5) is 14.8. The fourth-order valence-electron chi connectivity index (χ4n) is 1.68. The first-order valence-corrected chi connectivity index (χ1v) is 7.69. The van der Waals surface area contributed by atoms with Crippen LogP contribution in [0.2, 0.25) is 5.02 Å². The molecule has 0 unspecified atom stereocenters. The fraction of sp³-hybridized carbons (Fsp3) is 0.500. The van der Waals surface area contributed by atoms with Crippen LogP contribution < -0.4 is 0 Å². The Bertz CT molecular complexity index is 363. The first kappa shape index (κ1) is 15.4. The van der Waals surface area contributed by atoms with Crippen LogP contribution in [-0.4, -0.2) is 29.6 Å². The minimum atomic E-state index is 0.261. The number of carbonyl (C=O) groups is 1. The molecule has 100 valence electrons. The molecule has 0 bridgehead atoms. The van der Waals surface area contributed by atoms with Crippen molar-refractivity contribution in [1.29, 1.82) is 0 Å². The Morgan fingerprint density at radius 2 is 1.83 bits per heavy atom. The van der Waals surface area contributed by atoms with Gasteiger partial charge in [-0.2, -0.15) is 0 Å². The van der Waals surface area contributed by atoms with Crippen LogP contribution in [0.5, 0.6) is 0 Å². The summed E-state index contributed by atoms with van der Waals surface area (Å²) in [7, 11) is 0. The van der Waals surface area contributed by atoms with Gasteiger partial charge in [-0.15, -0.1) is 11.8 Å². The Kier molecular flexibility index (Phi) is 7.21. The lowest BCUT2D eigenvalue weighted by Crippen LogP contribution is -2.30. The minimum absolute atomic E-state index is 0.261. The summed E-state index contributed by atoms with van der Waals surface area (Å²) < 4.78 is 0. The second kappa shape index (κ2) is 8.44. The predicted octanol–water partition coefficient (Wildman–Crippen LogP) is 4.08. The molecular weight excluding hydrogens is 266 g/mol. The van der Waals surface area contributed by atoms with Crippen LogP contribution in [0.15, 0.2) is 29.2 Å². The van der Waals surface area contributed by atoms with Gasteiger partial charge < -0.3 is 4.90 Å². The molecule has 0 N–H and O–H groups in total. The standard InChI is InChI=1S/C14H20ClNOS/c1-3-16(4-2)14(17)6-5-11-18-13-9-7-12(15)8-10-13/h7-10H,3-6,11H2,1-2H3. The van der Waals surface area contributed by atoms with E-state index in [9.17, 15) is 4.79 Å². The van der Waals surface area contributed by atoms with Crippen molar-refractivity contribution in [2.24, 2.45) is 0 Å². The lowest BCUT2D eigenvalue weighted by atomic mass is 10.3. The number of benzene rings is 1. The van der Waals surface area contributed by atoms with Crippen LogP contribution in [0.1, 0.15) is 26.7 Å². The van der Waals surface area contributed by atoms with Crippen LogP contribution in [0.3, 0.4) is 0 Å². The highest BCUT2D eigenvalue weighted by molar-refractivity contribution is 7.99. The number of hydrogen-bond donors (Lipinski definition) is 0. The molecule has 1 amide bonds. The highest BCUT2D eigenvalue weighted by Gasteiger charge is 2.08. The van der Waals surface area contributed by atoms with Crippen molar-refractivity contribution in [2.45, 2.75) is 31.6 Å². The first-order valence-electron chi connectivity index (χ1n) is 6.33. The van der Waals surface area contributed by atoms with E-state index >= 15 is 0 Å². The zero-order valence-electron chi connectivity index (χ0n) is 11.0. The summed E-state index contributed by atoms with van der Waals surface area (Å²) in [5.41, 5.74) is 0. The van der Waals surface area contributed by atoms with Gasteiger partial charge in [0.1, 0.15) is 0 Å². The predicted molar refractivity (Wildman–Crippen MR) is 79.3 cm³/mol. The van der Waals surface area contributed by atoms with Gasteiger partial charge in [-0.05, 0) is 50.3 Å². The minimum Gasteiger partial charge on any atom is -0.343 e. The Balaban J connectivity index is 2.22. The van der Waals surface area contributed by atoms with Gasteiger partial charge in [-0.25, -0.2) is 0 Å². The molecule has 0 aliphatic carbocycles. The molecule has 0 fully saturated rings. The maximum absolute atomic E-state index is 11.8. The molecule has 1 aromatic rings. The summed E-state index contributed by atoms with van der Waals surface area (Å²) in [6.45, 7) is 5.65. The molecule has 0 aliphatic heterocycles. The normalized spacial score (nSPS) is 10.4. The lowest BCUT2D eigenvalue weighted by Gasteiger charge is -2.18. The number of carbonyl (C=O) groups excluding carboxylic acids is 1. The molecule has 2 nitrogen and oxygen atoms in total. The van der Waals surface area contributed by atoms with Crippen LogP contribution >= 0.6 is 23.4 Å². The van der Waals surface area contributed by atoms with Crippen molar-refractivity contribution < 1.29 is 4.79 Å². The van der Waals surface area contributed by atoms with Gasteiger partial charge in [-0.1, -0.05) is 11.6 Å². The molecule has 1 aromatic carbocycles. The van der Waals surface area contributed by atoms with Gasteiger partial charge in [-0.3, -0.25) is 4.79 Å². The van der Waals surface area contributed by atoms with E-state index in [1.807, 2.05) is 43.0 Å². The van der Waals surface area contributed by atoms with Crippen LogP contribution in [-0.2, 0) is 4.79 Å². The largest absolute Gasteiger partial charge is 0.343 e. The first-order chi connectivity index (χ1) is 8.67. The Labute approximate surface area is 119 Å². The summed E-state index contributed by atoms with van der Waals surface area (Å²) in [6.07, 6.45) is 1.56. The van der Waals surface area contributed by atoms with E-state index in [2.05, 4.69) is 0 Å². The van der Waals surface area contributed by atoms with E-state index < -0.39 is 0 Å². The third kappa shape index (κ3) is 5.32. The molecule has 0 aliphatic rings. The van der Waals surface area contributed by atoms with Gasteiger partial charge in [0, 0.05) is 29.4 Å². The molecule has 0 saturated carbocycles. The zero-order valence-corrected chi connectivity index (χ0v) is 12.6. The van der Waals surface area contributed by atoms with Gasteiger partial charge >= 0.3 is 0 Å². The summed E-state index contributed by atoms with van der Waals surface area (Å²) in [5, 5.41) is 0.760. The van der Waals surface area contributed by atoms with E-state index in [4.69, 9.17) is 11.6 Å². The van der Waals surface area contributed by atoms with Gasteiger partial charge in [0.15, 0.2) is 0 Å². The van der Waals surface area contributed by atoms with Crippen molar-refractivity contribution in [2.75, 3.05) is 18.8 Å². The van der Waals surface area contributed by atoms with Crippen LogP contribution in [0, 0.1) is 0 Å². The molecule has 0 aromatic heterocycles. The Hall–Kier alpha value is -0.670. The number of halogens is 1. The topological polar surface area (TPSA) is 20.3 Å². The Morgan fingerprint density at radius 3 is 2.39 bits per heavy atom. The van der Waals surface area contributed by atoms with Crippen molar-refractivity contribution >= 4 is 29.3 Å². The molecule has 0 atom stereocenters. The average Bonchev–Trinajstić information content (AvgIpc) is 2.38.